The highest BCUT2D eigenvalue weighted by Gasteiger charge is 2.28. The number of nitrogens with zero attached hydrogens (tertiary/aromatic N) is 2. The SMILES string of the molecule is Cc1ccc(F)c(Nc2nc(C3CC3)nc(NN)c2C)c1. The van der Waals surface area contributed by atoms with E-state index < -0.39 is 0 Å². The van der Waals surface area contributed by atoms with Crippen LogP contribution >= 0.6 is 0 Å². The number of hydrogen-bond acceptors (Lipinski definition) is 5. The summed E-state index contributed by atoms with van der Waals surface area (Å²) in [6.45, 7) is 3.77. The van der Waals surface area contributed by atoms with Crippen LogP contribution in [0.3, 0.4) is 0 Å². The number of nitrogens with two attached hydrogens (primary N) is 1. The number of rotatable bonds is 4. The van der Waals surface area contributed by atoms with Crippen LogP contribution in [0.2, 0.25) is 0 Å². The lowest BCUT2D eigenvalue weighted by atomic mass is 10.2. The molecule has 1 saturated carbocycles. The lowest BCUT2D eigenvalue weighted by Gasteiger charge is -2.14. The van der Waals surface area contributed by atoms with Crippen LogP contribution in [-0.2, 0) is 0 Å². The van der Waals surface area contributed by atoms with E-state index in [1.807, 2.05) is 13.8 Å². The van der Waals surface area contributed by atoms with Gasteiger partial charge in [0.15, 0.2) is 0 Å². The minimum absolute atomic E-state index is 0.311. The zero-order valence-corrected chi connectivity index (χ0v) is 12.1. The van der Waals surface area contributed by atoms with Gasteiger partial charge in [0.25, 0.3) is 0 Å². The molecule has 6 heteroatoms. The molecule has 0 radical (unpaired) electrons. The number of nitrogen functional groups attached to an aromatic ring is 1. The number of benzene rings is 1. The van der Waals surface area contributed by atoms with Crippen molar-refractivity contribution in [2.24, 2.45) is 5.84 Å². The Morgan fingerprint density at radius 1 is 1.19 bits per heavy atom. The van der Waals surface area contributed by atoms with E-state index in [1.54, 1.807) is 12.1 Å². The van der Waals surface area contributed by atoms with Crippen LogP contribution in [0.5, 0.6) is 0 Å². The molecule has 0 amide bonds. The summed E-state index contributed by atoms with van der Waals surface area (Å²) in [4.78, 5) is 8.94. The summed E-state index contributed by atoms with van der Waals surface area (Å²) in [5.74, 6) is 7.51. The molecule has 110 valence electrons. The first-order valence-corrected chi connectivity index (χ1v) is 6.97. The predicted molar refractivity (Wildman–Crippen MR) is 81.0 cm³/mol. The largest absolute Gasteiger partial charge is 0.337 e. The number of hydrogen-bond donors (Lipinski definition) is 3. The van der Waals surface area contributed by atoms with Gasteiger partial charge in [-0.05, 0) is 44.4 Å². The monoisotopic (exact) mass is 287 g/mol. The van der Waals surface area contributed by atoms with Gasteiger partial charge in [-0.25, -0.2) is 20.2 Å². The fourth-order valence-electron chi connectivity index (χ4n) is 2.18. The topological polar surface area (TPSA) is 75.9 Å². The lowest BCUT2D eigenvalue weighted by Crippen LogP contribution is -2.14. The van der Waals surface area contributed by atoms with Crippen molar-refractivity contribution in [1.82, 2.24) is 9.97 Å². The van der Waals surface area contributed by atoms with E-state index in [0.717, 1.165) is 29.8 Å². The Kier molecular flexibility index (Phi) is 3.47. The van der Waals surface area contributed by atoms with E-state index in [9.17, 15) is 4.39 Å². The Bertz CT molecular complexity index is 682. The molecule has 0 atom stereocenters. The zero-order valence-electron chi connectivity index (χ0n) is 12.1. The van der Waals surface area contributed by atoms with Crippen LogP contribution in [-0.4, -0.2) is 9.97 Å². The minimum atomic E-state index is -0.311. The second-order valence-electron chi connectivity index (χ2n) is 5.43. The molecule has 0 unspecified atom stereocenters. The van der Waals surface area contributed by atoms with E-state index in [-0.39, 0.29) is 5.82 Å². The summed E-state index contributed by atoms with van der Waals surface area (Å²) in [5.41, 5.74) is 4.73. The summed E-state index contributed by atoms with van der Waals surface area (Å²) in [7, 11) is 0. The number of aromatic nitrogens is 2. The summed E-state index contributed by atoms with van der Waals surface area (Å²) >= 11 is 0. The quantitative estimate of drug-likeness (QED) is 0.595. The number of aryl methyl sites for hydroxylation is 1. The standard InChI is InChI=1S/C15H18FN5/c1-8-3-6-11(16)12(7-8)18-13-9(2)14(21-17)20-15(19-13)10-4-5-10/h3,6-7,10H,4-5,17H2,1-2H3,(H2,18,19,20,21). The van der Waals surface area contributed by atoms with Crippen molar-refractivity contribution in [3.63, 3.8) is 0 Å². The Labute approximate surface area is 122 Å². The Hall–Kier alpha value is -2.21. The zero-order chi connectivity index (χ0) is 15.0. The first-order valence-electron chi connectivity index (χ1n) is 6.97. The number of halogens is 1. The molecule has 1 aliphatic rings. The van der Waals surface area contributed by atoms with Crippen molar-refractivity contribution in [2.75, 3.05) is 10.7 Å². The first-order chi connectivity index (χ1) is 10.1. The molecule has 1 heterocycles. The smallest absolute Gasteiger partial charge is 0.148 e. The van der Waals surface area contributed by atoms with Crippen LogP contribution in [0.25, 0.3) is 0 Å². The van der Waals surface area contributed by atoms with E-state index in [0.29, 0.717) is 23.2 Å². The third-order valence-electron chi connectivity index (χ3n) is 3.62. The maximum atomic E-state index is 13.9. The normalized spacial score (nSPS) is 14.1. The Morgan fingerprint density at radius 2 is 1.90 bits per heavy atom. The summed E-state index contributed by atoms with van der Waals surface area (Å²) in [6.07, 6.45) is 2.18. The fraction of sp³-hybridized carbons (Fsp3) is 0.333. The number of nitrogens with one attached hydrogen (secondary N) is 2. The van der Waals surface area contributed by atoms with Gasteiger partial charge in [0.05, 0.1) is 5.69 Å². The molecular formula is C15H18FN5. The van der Waals surface area contributed by atoms with Crippen LogP contribution in [0.1, 0.15) is 35.7 Å². The average molecular weight is 287 g/mol. The van der Waals surface area contributed by atoms with E-state index in [1.165, 1.54) is 6.07 Å². The molecule has 4 N–H and O–H groups in total. The van der Waals surface area contributed by atoms with Gasteiger partial charge in [-0.1, -0.05) is 6.07 Å². The van der Waals surface area contributed by atoms with Gasteiger partial charge in [-0.3, -0.25) is 0 Å². The second-order valence-corrected chi connectivity index (χ2v) is 5.43. The van der Waals surface area contributed by atoms with Gasteiger partial charge < -0.3 is 10.7 Å². The van der Waals surface area contributed by atoms with Crippen LogP contribution in [0.15, 0.2) is 18.2 Å². The van der Waals surface area contributed by atoms with Crippen LogP contribution < -0.4 is 16.6 Å². The van der Waals surface area contributed by atoms with Crippen LogP contribution in [0.4, 0.5) is 21.7 Å². The van der Waals surface area contributed by atoms with Gasteiger partial charge >= 0.3 is 0 Å². The predicted octanol–water partition coefficient (Wildman–Crippen LogP) is 3.14. The van der Waals surface area contributed by atoms with Gasteiger partial charge in [0.2, 0.25) is 0 Å². The van der Waals surface area contributed by atoms with Gasteiger partial charge in [-0.15, -0.1) is 0 Å². The average Bonchev–Trinajstić information content (AvgIpc) is 3.29. The first kappa shape index (κ1) is 13.8. The Balaban J connectivity index is 2.00. The summed E-state index contributed by atoms with van der Waals surface area (Å²) in [6, 6.07) is 4.93. The molecular weight excluding hydrogens is 269 g/mol. The molecule has 0 bridgehead atoms. The maximum absolute atomic E-state index is 13.9. The van der Waals surface area contributed by atoms with Gasteiger partial charge in [-0.2, -0.15) is 0 Å². The summed E-state index contributed by atoms with van der Waals surface area (Å²) in [5, 5.41) is 3.06. The number of hydrazine groups is 1. The van der Waals surface area contributed by atoms with E-state index >= 15 is 0 Å². The van der Waals surface area contributed by atoms with Crippen molar-refractivity contribution >= 4 is 17.3 Å². The molecule has 0 spiro atoms. The second kappa shape index (κ2) is 5.29. The van der Waals surface area contributed by atoms with Crippen molar-refractivity contribution in [3.8, 4) is 0 Å². The lowest BCUT2D eigenvalue weighted by molar-refractivity contribution is 0.631. The molecule has 21 heavy (non-hydrogen) atoms. The highest BCUT2D eigenvalue weighted by atomic mass is 19.1. The van der Waals surface area contributed by atoms with Gasteiger partial charge in [0.1, 0.15) is 23.3 Å². The van der Waals surface area contributed by atoms with Gasteiger partial charge in [0, 0.05) is 11.5 Å². The highest BCUT2D eigenvalue weighted by molar-refractivity contribution is 5.65. The molecule has 1 fully saturated rings. The molecule has 3 rings (SSSR count). The fourth-order valence-corrected chi connectivity index (χ4v) is 2.18. The molecule has 1 aromatic heterocycles. The van der Waals surface area contributed by atoms with Crippen molar-refractivity contribution in [1.29, 1.82) is 0 Å². The molecule has 1 aromatic carbocycles. The molecule has 0 aliphatic heterocycles. The highest BCUT2D eigenvalue weighted by Crippen LogP contribution is 2.39. The minimum Gasteiger partial charge on any atom is -0.337 e. The van der Waals surface area contributed by atoms with Crippen molar-refractivity contribution in [3.05, 3.63) is 41.0 Å². The molecule has 0 saturated heterocycles. The molecule has 5 nitrogen and oxygen atoms in total. The molecule has 1 aliphatic carbocycles. The Morgan fingerprint density at radius 3 is 2.57 bits per heavy atom. The van der Waals surface area contributed by atoms with E-state index in [2.05, 4.69) is 20.7 Å². The summed E-state index contributed by atoms with van der Waals surface area (Å²) < 4.78 is 13.9. The number of anilines is 3. The third-order valence-corrected chi connectivity index (χ3v) is 3.62. The maximum Gasteiger partial charge on any atom is 0.148 e. The van der Waals surface area contributed by atoms with E-state index in [4.69, 9.17) is 5.84 Å². The molecule has 2 aromatic rings. The van der Waals surface area contributed by atoms with Crippen molar-refractivity contribution in [2.45, 2.75) is 32.6 Å². The van der Waals surface area contributed by atoms with Crippen LogP contribution in [0, 0.1) is 19.7 Å². The third kappa shape index (κ3) is 2.80. The van der Waals surface area contributed by atoms with Crippen molar-refractivity contribution < 1.29 is 4.39 Å².